The van der Waals surface area contributed by atoms with Crippen LogP contribution in [0.1, 0.15) is 60.3 Å². The largest absolute Gasteiger partial charge is 0.374 e. The molecule has 2 aliphatic heterocycles. The highest BCUT2D eigenvalue weighted by atomic mass is 32.1. The lowest BCUT2D eigenvalue weighted by atomic mass is 9.99. The van der Waals surface area contributed by atoms with Gasteiger partial charge < -0.3 is 9.80 Å². The van der Waals surface area contributed by atoms with Crippen LogP contribution in [-0.4, -0.2) is 37.5 Å². The van der Waals surface area contributed by atoms with E-state index >= 15 is 0 Å². The predicted molar refractivity (Wildman–Crippen MR) is 117 cm³/mol. The van der Waals surface area contributed by atoms with Crippen molar-refractivity contribution in [3.63, 3.8) is 0 Å². The third-order valence-corrected chi connectivity index (χ3v) is 6.50. The standard InChI is InChI=1S/C20H24N2OS.C3H8/c1-14-12-18(24-19(14)20(23)22-10-3-4-11-22)16-8-7-15-6-5-9-21(2)17(15)13-16;1-3-2/h7-8,12-13H,3-6,9-11H2,1-2H3;3H2,1-2H3. The maximum Gasteiger partial charge on any atom is 0.264 e. The molecule has 0 unspecified atom stereocenters. The number of anilines is 1. The van der Waals surface area contributed by atoms with Gasteiger partial charge in [0.1, 0.15) is 0 Å². The van der Waals surface area contributed by atoms with Gasteiger partial charge in [-0.1, -0.05) is 32.4 Å². The number of thiophene rings is 1. The Balaban J connectivity index is 0.000000659. The van der Waals surface area contributed by atoms with Crippen LogP contribution in [0.5, 0.6) is 0 Å². The highest BCUT2D eigenvalue weighted by molar-refractivity contribution is 7.17. The summed E-state index contributed by atoms with van der Waals surface area (Å²) in [7, 11) is 2.17. The highest BCUT2D eigenvalue weighted by Gasteiger charge is 2.23. The first-order valence-corrected chi connectivity index (χ1v) is 11.1. The second-order valence-electron chi connectivity index (χ2n) is 7.70. The molecule has 4 heteroatoms. The van der Waals surface area contributed by atoms with Crippen molar-refractivity contribution in [3.8, 4) is 10.4 Å². The second-order valence-corrected chi connectivity index (χ2v) is 8.75. The first kappa shape index (κ1) is 19.9. The van der Waals surface area contributed by atoms with E-state index in [0.29, 0.717) is 0 Å². The van der Waals surface area contributed by atoms with Crippen LogP contribution in [0.3, 0.4) is 0 Å². The molecule has 0 N–H and O–H groups in total. The van der Waals surface area contributed by atoms with E-state index in [1.165, 1.54) is 41.0 Å². The van der Waals surface area contributed by atoms with E-state index < -0.39 is 0 Å². The molecule has 1 aromatic heterocycles. The van der Waals surface area contributed by atoms with E-state index in [2.05, 4.69) is 57.0 Å². The minimum absolute atomic E-state index is 0.219. The highest BCUT2D eigenvalue weighted by Crippen LogP contribution is 2.36. The van der Waals surface area contributed by atoms with Crippen LogP contribution >= 0.6 is 11.3 Å². The average molecular weight is 385 g/mol. The number of benzene rings is 1. The number of fused-ring (bicyclic) bond motifs is 1. The summed E-state index contributed by atoms with van der Waals surface area (Å²) in [5.74, 6) is 0.219. The Morgan fingerprint density at radius 3 is 2.48 bits per heavy atom. The number of likely N-dealkylation sites (tertiary alicyclic amines) is 1. The first-order valence-electron chi connectivity index (χ1n) is 10.3. The van der Waals surface area contributed by atoms with E-state index in [9.17, 15) is 4.79 Å². The fourth-order valence-electron chi connectivity index (χ4n) is 3.81. The van der Waals surface area contributed by atoms with Gasteiger partial charge >= 0.3 is 0 Å². The lowest BCUT2D eigenvalue weighted by Gasteiger charge is -2.27. The Hall–Kier alpha value is -1.81. The minimum Gasteiger partial charge on any atom is -0.374 e. The fraction of sp³-hybridized carbons (Fsp3) is 0.522. The Bertz CT molecular complexity index is 790. The SMILES string of the molecule is CCC.Cc1cc(-c2ccc3c(c2)N(C)CCC3)sc1C(=O)N1CCCC1. The number of carbonyl (C=O) groups is 1. The third-order valence-electron chi connectivity index (χ3n) is 5.23. The van der Waals surface area contributed by atoms with Crippen LogP contribution in [0.15, 0.2) is 24.3 Å². The normalized spacial score (nSPS) is 16.0. The van der Waals surface area contributed by atoms with Crippen molar-refractivity contribution in [2.45, 2.75) is 52.9 Å². The molecule has 2 aliphatic rings. The number of hydrogen-bond donors (Lipinski definition) is 0. The van der Waals surface area contributed by atoms with Crippen molar-refractivity contribution >= 4 is 22.9 Å². The van der Waals surface area contributed by atoms with Crippen LogP contribution in [0.25, 0.3) is 10.4 Å². The summed E-state index contributed by atoms with van der Waals surface area (Å²) < 4.78 is 0. The number of rotatable bonds is 2. The average Bonchev–Trinajstić information content (AvgIpc) is 3.32. The Labute approximate surface area is 168 Å². The molecule has 0 aliphatic carbocycles. The van der Waals surface area contributed by atoms with E-state index in [1.54, 1.807) is 11.3 Å². The Kier molecular flexibility index (Phi) is 6.59. The number of amides is 1. The van der Waals surface area contributed by atoms with E-state index in [-0.39, 0.29) is 5.91 Å². The van der Waals surface area contributed by atoms with Gasteiger partial charge in [0.15, 0.2) is 0 Å². The van der Waals surface area contributed by atoms with Gasteiger partial charge in [-0.05, 0) is 61.4 Å². The molecule has 1 aromatic carbocycles. The summed E-state index contributed by atoms with van der Waals surface area (Å²) in [6, 6.07) is 8.95. The van der Waals surface area contributed by atoms with Crippen LogP contribution in [-0.2, 0) is 6.42 Å². The van der Waals surface area contributed by atoms with Gasteiger partial charge in [0.25, 0.3) is 5.91 Å². The molecule has 3 heterocycles. The van der Waals surface area contributed by atoms with Gasteiger partial charge in [0.05, 0.1) is 4.88 Å². The zero-order valence-corrected chi connectivity index (χ0v) is 18.0. The molecule has 146 valence electrons. The molecule has 1 fully saturated rings. The van der Waals surface area contributed by atoms with Crippen molar-refractivity contribution in [3.05, 3.63) is 40.3 Å². The van der Waals surface area contributed by atoms with Crippen molar-refractivity contribution in [2.24, 2.45) is 0 Å². The quantitative estimate of drug-likeness (QED) is 0.657. The van der Waals surface area contributed by atoms with Gasteiger partial charge in [0, 0.05) is 37.2 Å². The molecule has 3 nitrogen and oxygen atoms in total. The van der Waals surface area contributed by atoms with Crippen molar-refractivity contribution < 1.29 is 4.79 Å². The zero-order chi connectivity index (χ0) is 19.4. The third kappa shape index (κ3) is 4.37. The molecule has 0 radical (unpaired) electrons. The van der Waals surface area contributed by atoms with Crippen molar-refractivity contribution in [2.75, 3.05) is 31.6 Å². The number of nitrogens with zero attached hydrogens (tertiary/aromatic N) is 2. The van der Waals surface area contributed by atoms with Crippen LogP contribution < -0.4 is 4.90 Å². The monoisotopic (exact) mass is 384 g/mol. The molecule has 0 saturated carbocycles. The lowest BCUT2D eigenvalue weighted by molar-refractivity contribution is 0.0797. The molecular weight excluding hydrogens is 352 g/mol. The molecule has 4 rings (SSSR count). The number of aryl methyl sites for hydroxylation is 2. The molecule has 2 aromatic rings. The van der Waals surface area contributed by atoms with Crippen LogP contribution in [0.2, 0.25) is 0 Å². The predicted octanol–water partition coefficient (Wildman–Crippen LogP) is 5.76. The molecule has 27 heavy (non-hydrogen) atoms. The lowest BCUT2D eigenvalue weighted by Crippen LogP contribution is -2.27. The Morgan fingerprint density at radius 2 is 1.78 bits per heavy atom. The van der Waals surface area contributed by atoms with Gasteiger partial charge in [-0.25, -0.2) is 0 Å². The maximum absolute atomic E-state index is 12.7. The summed E-state index contributed by atoms with van der Waals surface area (Å²) in [4.78, 5) is 19.2. The van der Waals surface area contributed by atoms with E-state index in [4.69, 9.17) is 0 Å². The zero-order valence-electron chi connectivity index (χ0n) is 17.2. The van der Waals surface area contributed by atoms with Crippen molar-refractivity contribution in [1.29, 1.82) is 0 Å². The molecule has 0 atom stereocenters. The summed E-state index contributed by atoms with van der Waals surface area (Å²) in [5.41, 5.74) is 5.13. The van der Waals surface area contributed by atoms with Gasteiger partial charge in [-0.2, -0.15) is 0 Å². The van der Waals surface area contributed by atoms with Gasteiger partial charge in [-0.3, -0.25) is 4.79 Å². The summed E-state index contributed by atoms with van der Waals surface area (Å²) in [6.07, 6.45) is 5.93. The van der Waals surface area contributed by atoms with Crippen LogP contribution in [0, 0.1) is 6.92 Å². The van der Waals surface area contributed by atoms with Gasteiger partial charge in [-0.15, -0.1) is 11.3 Å². The van der Waals surface area contributed by atoms with Gasteiger partial charge in [0.2, 0.25) is 0 Å². The van der Waals surface area contributed by atoms with Crippen molar-refractivity contribution in [1.82, 2.24) is 4.90 Å². The number of hydrogen-bond acceptors (Lipinski definition) is 3. The molecule has 1 amide bonds. The summed E-state index contributed by atoms with van der Waals surface area (Å²) >= 11 is 1.65. The smallest absolute Gasteiger partial charge is 0.264 e. The van der Waals surface area contributed by atoms with E-state index in [1.807, 2.05) is 4.90 Å². The molecule has 0 bridgehead atoms. The maximum atomic E-state index is 12.7. The van der Waals surface area contributed by atoms with Crippen LogP contribution in [0.4, 0.5) is 5.69 Å². The first-order chi connectivity index (χ1) is 13.0. The molecular formula is C23H32N2OS. The summed E-state index contributed by atoms with van der Waals surface area (Å²) in [6.45, 7) is 9.26. The van der Waals surface area contributed by atoms with E-state index in [0.717, 1.165) is 42.9 Å². The second kappa shape index (κ2) is 8.92. The molecule has 0 spiro atoms. The Morgan fingerprint density at radius 1 is 1.07 bits per heavy atom. The fourth-order valence-corrected chi connectivity index (χ4v) is 4.95. The molecule has 1 saturated heterocycles. The summed E-state index contributed by atoms with van der Waals surface area (Å²) in [5, 5.41) is 0. The minimum atomic E-state index is 0.219. The number of carbonyl (C=O) groups excluding carboxylic acids is 1. The topological polar surface area (TPSA) is 23.6 Å².